The van der Waals surface area contributed by atoms with E-state index in [1.54, 1.807) is 13.8 Å². The SMILES string of the molecule is CCOC(=O)C(=O)C1CCOc2c(C(C)C)ccc(C)c2C1=O. The lowest BCUT2D eigenvalue weighted by molar-refractivity contribution is -0.154. The van der Waals surface area contributed by atoms with Gasteiger partial charge in [-0.05, 0) is 37.3 Å². The number of fused-ring (bicyclic) bond motifs is 1. The minimum atomic E-state index is -1.03. The van der Waals surface area contributed by atoms with Crippen molar-refractivity contribution in [2.24, 2.45) is 5.92 Å². The number of carbonyl (C=O) groups excluding carboxylic acids is 3. The molecular formula is C18H22O5. The van der Waals surface area contributed by atoms with Crippen LogP contribution in [0.15, 0.2) is 12.1 Å². The molecule has 0 saturated carbocycles. The predicted octanol–water partition coefficient (Wildman–Crippen LogP) is 2.83. The molecule has 0 amide bonds. The zero-order valence-electron chi connectivity index (χ0n) is 14.0. The molecule has 1 aromatic carbocycles. The largest absolute Gasteiger partial charge is 0.492 e. The maximum absolute atomic E-state index is 12.9. The molecule has 124 valence electrons. The van der Waals surface area contributed by atoms with E-state index < -0.39 is 17.7 Å². The minimum Gasteiger partial charge on any atom is -0.492 e. The number of rotatable bonds is 4. The molecule has 0 aromatic heterocycles. The lowest BCUT2D eigenvalue weighted by Gasteiger charge is -2.17. The fourth-order valence-electron chi connectivity index (χ4n) is 2.79. The molecule has 0 radical (unpaired) electrons. The number of hydrogen-bond acceptors (Lipinski definition) is 5. The maximum atomic E-state index is 12.9. The molecule has 1 aliphatic heterocycles. The van der Waals surface area contributed by atoms with Gasteiger partial charge in [-0.2, -0.15) is 0 Å². The molecule has 0 fully saturated rings. The molecule has 0 spiro atoms. The zero-order valence-corrected chi connectivity index (χ0v) is 14.0. The fraction of sp³-hybridized carbons (Fsp3) is 0.500. The predicted molar refractivity (Wildman–Crippen MR) is 84.8 cm³/mol. The summed E-state index contributed by atoms with van der Waals surface area (Å²) < 4.78 is 10.5. The summed E-state index contributed by atoms with van der Waals surface area (Å²) >= 11 is 0. The molecular weight excluding hydrogens is 296 g/mol. The van der Waals surface area contributed by atoms with Gasteiger partial charge in [0.1, 0.15) is 5.75 Å². The van der Waals surface area contributed by atoms with Gasteiger partial charge in [-0.1, -0.05) is 26.0 Å². The van der Waals surface area contributed by atoms with E-state index >= 15 is 0 Å². The Labute approximate surface area is 136 Å². The van der Waals surface area contributed by atoms with Crippen molar-refractivity contribution in [2.45, 2.75) is 40.0 Å². The van der Waals surface area contributed by atoms with Gasteiger partial charge in [-0.3, -0.25) is 9.59 Å². The molecule has 1 atom stereocenters. The molecule has 0 aliphatic carbocycles. The van der Waals surface area contributed by atoms with Gasteiger partial charge < -0.3 is 9.47 Å². The minimum absolute atomic E-state index is 0.106. The van der Waals surface area contributed by atoms with Crippen molar-refractivity contribution >= 4 is 17.5 Å². The maximum Gasteiger partial charge on any atom is 0.375 e. The van der Waals surface area contributed by atoms with Crippen LogP contribution in [0.4, 0.5) is 0 Å². The van der Waals surface area contributed by atoms with E-state index in [9.17, 15) is 14.4 Å². The first-order chi connectivity index (χ1) is 10.9. The zero-order chi connectivity index (χ0) is 17.1. The van der Waals surface area contributed by atoms with Crippen molar-refractivity contribution in [3.8, 4) is 5.75 Å². The van der Waals surface area contributed by atoms with Crippen LogP contribution >= 0.6 is 0 Å². The molecule has 0 N–H and O–H groups in total. The molecule has 23 heavy (non-hydrogen) atoms. The summed E-state index contributed by atoms with van der Waals surface area (Å²) in [5.41, 5.74) is 2.09. The van der Waals surface area contributed by atoms with Crippen molar-refractivity contribution < 1.29 is 23.9 Å². The standard InChI is InChI=1S/C18H22O5/c1-5-22-18(21)16(20)13-8-9-23-17-12(10(2)3)7-6-11(4)14(17)15(13)19/h6-7,10,13H,5,8-9H2,1-4H3. The number of ether oxygens (including phenoxy) is 2. The van der Waals surface area contributed by atoms with Crippen LogP contribution in [0.25, 0.3) is 0 Å². The molecule has 0 saturated heterocycles. The van der Waals surface area contributed by atoms with Gasteiger partial charge in [-0.15, -0.1) is 0 Å². The second kappa shape index (κ2) is 6.94. The third kappa shape index (κ3) is 3.28. The van der Waals surface area contributed by atoms with Crippen LogP contribution in [0.1, 0.15) is 54.6 Å². The van der Waals surface area contributed by atoms with Crippen molar-refractivity contribution in [1.29, 1.82) is 0 Å². The first kappa shape index (κ1) is 17.2. The smallest absolute Gasteiger partial charge is 0.375 e. The summed E-state index contributed by atoms with van der Waals surface area (Å²) in [5, 5.41) is 0. The molecule has 5 nitrogen and oxygen atoms in total. The Morgan fingerprint density at radius 3 is 2.65 bits per heavy atom. The van der Waals surface area contributed by atoms with Gasteiger partial charge in [0.25, 0.3) is 5.78 Å². The van der Waals surface area contributed by atoms with Crippen molar-refractivity contribution in [2.75, 3.05) is 13.2 Å². The Morgan fingerprint density at radius 2 is 2.04 bits per heavy atom. The third-order valence-corrected chi connectivity index (χ3v) is 4.03. The normalized spacial score (nSPS) is 17.3. The number of hydrogen-bond donors (Lipinski definition) is 0. The molecule has 1 heterocycles. The van der Waals surface area contributed by atoms with E-state index in [1.807, 2.05) is 26.0 Å². The van der Waals surface area contributed by atoms with Gasteiger partial charge in [0.05, 0.1) is 24.7 Å². The third-order valence-electron chi connectivity index (χ3n) is 4.03. The molecule has 0 bridgehead atoms. The van der Waals surface area contributed by atoms with Crippen LogP contribution in [-0.2, 0) is 14.3 Å². The first-order valence-electron chi connectivity index (χ1n) is 7.89. The average Bonchev–Trinajstić information content (AvgIpc) is 2.66. The van der Waals surface area contributed by atoms with E-state index in [-0.39, 0.29) is 31.3 Å². The van der Waals surface area contributed by atoms with E-state index in [1.165, 1.54) is 0 Å². The van der Waals surface area contributed by atoms with Gasteiger partial charge in [0.15, 0.2) is 5.78 Å². The number of Topliss-reactive ketones (excluding diaryl/α,β-unsaturated/α-hetero) is 2. The summed E-state index contributed by atoms with van der Waals surface area (Å²) in [6.45, 7) is 7.79. The monoisotopic (exact) mass is 318 g/mol. The van der Waals surface area contributed by atoms with Gasteiger partial charge >= 0.3 is 5.97 Å². The van der Waals surface area contributed by atoms with Crippen LogP contribution < -0.4 is 4.74 Å². The van der Waals surface area contributed by atoms with Crippen LogP contribution in [-0.4, -0.2) is 30.7 Å². The molecule has 1 aromatic rings. The summed E-state index contributed by atoms with van der Waals surface area (Å²) in [7, 11) is 0. The first-order valence-corrected chi connectivity index (χ1v) is 7.89. The summed E-state index contributed by atoms with van der Waals surface area (Å²) in [6.07, 6.45) is 0.183. The van der Waals surface area contributed by atoms with Crippen LogP contribution in [0.3, 0.4) is 0 Å². The summed E-state index contributed by atoms with van der Waals surface area (Å²) in [6, 6.07) is 3.80. The van der Waals surface area contributed by atoms with Crippen LogP contribution in [0.5, 0.6) is 5.75 Å². The van der Waals surface area contributed by atoms with Crippen molar-refractivity contribution in [3.63, 3.8) is 0 Å². The highest BCUT2D eigenvalue weighted by Crippen LogP contribution is 2.36. The van der Waals surface area contributed by atoms with E-state index in [0.29, 0.717) is 11.3 Å². The highest BCUT2D eigenvalue weighted by molar-refractivity contribution is 6.39. The molecule has 1 unspecified atom stereocenters. The fourth-order valence-corrected chi connectivity index (χ4v) is 2.79. The summed E-state index contributed by atoms with van der Waals surface area (Å²) in [4.78, 5) is 36.8. The number of aryl methyl sites for hydroxylation is 1. The lowest BCUT2D eigenvalue weighted by atomic mass is 9.87. The van der Waals surface area contributed by atoms with Crippen LogP contribution in [0.2, 0.25) is 0 Å². The number of ketones is 2. The quantitative estimate of drug-likeness (QED) is 0.485. The second-order valence-corrected chi connectivity index (χ2v) is 5.97. The van der Waals surface area contributed by atoms with Gasteiger partial charge in [0.2, 0.25) is 0 Å². The van der Waals surface area contributed by atoms with Gasteiger partial charge in [-0.25, -0.2) is 4.79 Å². The Hall–Kier alpha value is -2.17. The Bertz CT molecular complexity index is 645. The number of esters is 1. The van der Waals surface area contributed by atoms with Crippen LogP contribution in [0, 0.1) is 12.8 Å². The topological polar surface area (TPSA) is 69.7 Å². The number of benzene rings is 1. The van der Waals surface area contributed by atoms with Gasteiger partial charge in [0, 0.05) is 0 Å². The Kier molecular flexibility index (Phi) is 5.19. The van der Waals surface area contributed by atoms with E-state index in [4.69, 9.17) is 9.47 Å². The van der Waals surface area contributed by atoms with E-state index in [0.717, 1.165) is 11.1 Å². The Balaban J connectivity index is 2.46. The molecule has 1 aliphatic rings. The van der Waals surface area contributed by atoms with Crippen molar-refractivity contribution in [1.82, 2.24) is 0 Å². The lowest BCUT2D eigenvalue weighted by Crippen LogP contribution is -2.32. The highest BCUT2D eigenvalue weighted by atomic mass is 16.5. The summed E-state index contributed by atoms with van der Waals surface area (Å²) in [5.74, 6) is -2.39. The second-order valence-electron chi connectivity index (χ2n) is 5.97. The number of carbonyl (C=O) groups is 3. The average molecular weight is 318 g/mol. The van der Waals surface area contributed by atoms with Crippen molar-refractivity contribution in [3.05, 3.63) is 28.8 Å². The molecule has 5 heteroatoms. The van der Waals surface area contributed by atoms with E-state index in [2.05, 4.69) is 0 Å². The molecule has 2 rings (SSSR count). The highest BCUT2D eigenvalue weighted by Gasteiger charge is 2.37. The Morgan fingerprint density at radius 1 is 1.35 bits per heavy atom.